The van der Waals surface area contributed by atoms with Gasteiger partial charge >= 0.3 is 0 Å². The highest BCUT2D eigenvalue weighted by Gasteiger charge is 2.18. The Morgan fingerprint density at radius 2 is 1.57 bits per heavy atom. The van der Waals surface area contributed by atoms with E-state index < -0.39 is 0 Å². The van der Waals surface area contributed by atoms with E-state index in [2.05, 4.69) is 61.0 Å². The van der Waals surface area contributed by atoms with Crippen LogP contribution >= 0.6 is 0 Å². The van der Waals surface area contributed by atoms with E-state index in [1.807, 2.05) is 0 Å². The number of hydrogen-bond donors (Lipinski definition) is 2. The van der Waals surface area contributed by atoms with Gasteiger partial charge in [0.15, 0.2) is 0 Å². The van der Waals surface area contributed by atoms with Crippen LogP contribution in [0.4, 0.5) is 0 Å². The number of para-hydroxylation sites is 1. The number of aromatic nitrogens is 3. The summed E-state index contributed by atoms with van der Waals surface area (Å²) in [5, 5.41) is 11.8. The molecule has 0 bridgehead atoms. The van der Waals surface area contributed by atoms with Crippen LogP contribution in [0.15, 0.2) is 35.0 Å². The number of amidine groups is 1. The summed E-state index contributed by atoms with van der Waals surface area (Å²) in [6.07, 6.45) is 17.9. The van der Waals surface area contributed by atoms with E-state index in [-0.39, 0.29) is 5.84 Å². The van der Waals surface area contributed by atoms with Crippen LogP contribution in [-0.2, 0) is 6.54 Å². The third kappa shape index (κ3) is 9.87. The summed E-state index contributed by atoms with van der Waals surface area (Å²) < 4.78 is 8.00. The maximum absolute atomic E-state index is 6.28. The fourth-order valence-electron chi connectivity index (χ4n) is 4.38. The predicted molar refractivity (Wildman–Crippen MR) is 148 cm³/mol. The lowest BCUT2D eigenvalue weighted by molar-refractivity contribution is 0.351. The largest absolute Gasteiger partial charge is 0.388 e. The fourth-order valence-corrected chi connectivity index (χ4v) is 4.38. The van der Waals surface area contributed by atoms with Gasteiger partial charge in [0.2, 0.25) is 11.7 Å². The van der Waals surface area contributed by atoms with Crippen LogP contribution in [0, 0.1) is 5.41 Å². The Kier molecular flexibility index (Phi) is 13.2. The molecule has 6 heteroatoms. The number of fused-ring (bicyclic) bond motifs is 1. The van der Waals surface area contributed by atoms with Crippen molar-refractivity contribution in [3.8, 4) is 11.4 Å². The summed E-state index contributed by atoms with van der Waals surface area (Å²) in [4.78, 5) is 4.76. The first kappa shape index (κ1) is 28.6. The van der Waals surface area contributed by atoms with Crippen LogP contribution in [0.5, 0.6) is 0 Å². The molecule has 0 aliphatic carbocycles. The van der Waals surface area contributed by atoms with Crippen molar-refractivity contribution in [3.05, 3.63) is 36.4 Å². The molecule has 2 aromatic heterocycles. The molecule has 194 valence electrons. The molecule has 2 heterocycles. The minimum atomic E-state index is 0.167. The van der Waals surface area contributed by atoms with E-state index >= 15 is 0 Å². The molecule has 0 aliphatic rings. The second-order valence-corrected chi connectivity index (χ2v) is 9.76. The number of nitrogens with two attached hydrogens (primary N) is 1. The number of nitrogens with one attached hydrogen (secondary N) is 1. The van der Waals surface area contributed by atoms with Gasteiger partial charge < -0.3 is 14.8 Å². The van der Waals surface area contributed by atoms with Crippen LogP contribution < -0.4 is 5.73 Å². The molecule has 0 unspecified atom stereocenters. The maximum Gasteiger partial charge on any atom is 0.229 e. The van der Waals surface area contributed by atoms with Crippen LogP contribution in [0.2, 0.25) is 0 Å². The molecule has 0 saturated carbocycles. The van der Waals surface area contributed by atoms with Gasteiger partial charge in [-0.3, -0.25) is 5.41 Å². The molecule has 6 nitrogen and oxygen atoms in total. The summed E-state index contributed by atoms with van der Waals surface area (Å²) in [6, 6.07) is 8.60. The molecule has 0 fully saturated rings. The molecule has 0 radical (unpaired) electrons. The van der Waals surface area contributed by atoms with Gasteiger partial charge in [0, 0.05) is 35.1 Å². The molecule has 35 heavy (non-hydrogen) atoms. The number of rotatable bonds is 15. The lowest BCUT2D eigenvalue weighted by Gasteiger charge is -2.05. The highest BCUT2D eigenvalue weighted by atomic mass is 16.5. The third-order valence-electron chi connectivity index (χ3n) is 6.39. The smallest absolute Gasteiger partial charge is 0.229 e. The Morgan fingerprint density at radius 3 is 2.23 bits per heavy atom. The molecule has 0 saturated heterocycles. The van der Waals surface area contributed by atoms with E-state index in [1.165, 1.54) is 88.5 Å². The number of nitrogens with zero attached hydrogens (tertiary/aromatic N) is 3. The van der Waals surface area contributed by atoms with Crippen LogP contribution in [0.25, 0.3) is 22.3 Å². The molecule has 3 N–H and O–H groups in total. The summed E-state index contributed by atoms with van der Waals surface area (Å²) in [7, 11) is 0. The monoisotopic (exact) mass is 481 g/mol. The maximum atomic E-state index is 6.28. The Hall–Kier alpha value is -2.63. The Bertz CT molecular complexity index is 986. The van der Waals surface area contributed by atoms with E-state index in [4.69, 9.17) is 20.7 Å². The van der Waals surface area contributed by atoms with Crippen molar-refractivity contribution >= 4 is 16.7 Å². The molecular weight excluding hydrogens is 434 g/mol. The van der Waals surface area contributed by atoms with E-state index in [9.17, 15) is 0 Å². The lowest BCUT2D eigenvalue weighted by Crippen LogP contribution is -2.00. The molecule has 1 aromatic carbocycles. The molecule has 0 spiro atoms. The number of hydrogen-bond acceptors (Lipinski definition) is 4. The van der Waals surface area contributed by atoms with E-state index in [1.54, 1.807) is 0 Å². The first-order chi connectivity index (χ1) is 17.0. The second-order valence-electron chi connectivity index (χ2n) is 9.76. The van der Waals surface area contributed by atoms with Gasteiger partial charge in [-0.05, 0) is 25.8 Å². The molecular formula is C29H47N5O. The van der Waals surface area contributed by atoms with Crippen LogP contribution in [0.1, 0.15) is 117 Å². The van der Waals surface area contributed by atoms with Gasteiger partial charge in [-0.15, -0.1) is 0 Å². The summed E-state index contributed by atoms with van der Waals surface area (Å²) in [5.74, 6) is 1.97. The van der Waals surface area contributed by atoms with Gasteiger partial charge in [0.25, 0.3) is 0 Å². The van der Waals surface area contributed by atoms with Crippen molar-refractivity contribution in [2.75, 3.05) is 0 Å². The van der Waals surface area contributed by atoms with Crippen LogP contribution in [0.3, 0.4) is 0 Å². The molecule has 0 amide bonds. The van der Waals surface area contributed by atoms with Gasteiger partial charge in [0.05, 0.1) is 5.84 Å². The quantitative estimate of drug-likeness (QED) is 0.129. The van der Waals surface area contributed by atoms with Crippen molar-refractivity contribution in [2.45, 2.75) is 117 Å². The third-order valence-corrected chi connectivity index (χ3v) is 6.39. The number of unbranched alkanes of at least 4 members (excludes halogenated alkanes) is 9. The minimum Gasteiger partial charge on any atom is -0.388 e. The van der Waals surface area contributed by atoms with Crippen molar-refractivity contribution < 1.29 is 4.52 Å². The lowest BCUT2D eigenvalue weighted by atomic mass is 10.0. The fraction of sp³-hybridized carbons (Fsp3) is 0.621. The average Bonchev–Trinajstić information content (AvgIpc) is 3.46. The standard InChI is InChI=1S/C27H41N3O.C2H6N2/c1-4-6-8-9-10-11-12-13-16-20-30-21-24(23-18-14-15-19-25(23)30)26-28-27(31-29-26)22(3)17-7-5-2;1-2(3)4/h14-15,18-19,21-22H,4-13,16-17,20H2,1-3H3;1H3,(H3,3,4)/t22-;/m0./s1. The predicted octanol–water partition coefficient (Wildman–Crippen LogP) is 8.46. The van der Waals surface area contributed by atoms with Crippen LogP contribution in [-0.4, -0.2) is 20.5 Å². The topological polar surface area (TPSA) is 93.7 Å². The summed E-state index contributed by atoms with van der Waals surface area (Å²) in [6.45, 7) is 9.25. The Morgan fingerprint density at radius 1 is 0.971 bits per heavy atom. The van der Waals surface area contributed by atoms with Crippen molar-refractivity contribution in [3.63, 3.8) is 0 Å². The number of benzene rings is 1. The Labute approximate surface area is 212 Å². The zero-order chi connectivity index (χ0) is 25.5. The van der Waals surface area contributed by atoms with Crippen molar-refractivity contribution in [1.29, 1.82) is 5.41 Å². The first-order valence-corrected chi connectivity index (χ1v) is 13.7. The molecule has 3 rings (SSSR count). The van der Waals surface area contributed by atoms with Gasteiger partial charge in [-0.1, -0.05) is 108 Å². The highest BCUT2D eigenvalue weighted by molar-refractivity contribution is 5.94. The molecule has 1 atom stereocenters. The molecule has 3 aromatic rings. The molecule has 0 aliphatic heterocycles. The average molecular weight is 482 g/mol. The normalized spacial score (nSPS) is 11.9. The zero-order valence-corrected chi connectivity index (χ0v) is 22.5. The van der Waals surface area contributed by atoms with Gasteiger partial charge in [0.1, 0.15) is 0 Å². The summed E-state index contributed by atoms with van der Waals surface area (Å²) in [5.41, 5.74) is 7.05. The zero-order valence-electron chi connectivity index (χ0n) is 22.5. The van der Waals surface area contributed by atoms with Gasteiger partial charge in [-0.2, -0.15) is 4.98 Å². The van der Waals surface area contributed by atoms with Crippen molar-refractivity contribution in [2.24, 2.45) is 5.73 Å². The number of aryl methyl sites for hydroxylation is 1. The van der Waals surface area contributed by atoms with Gasteiger partial charge in [-0.25, -0.2) is 0 Å². The SMILES string of the molecule is CC(=N)N.CCCCCCCCCCCn1cc(-c2noc([C@@H](C)CCCC)n2)c2ccccc21. The second kappa shape index (κ2) is 16.1. The van der Waals surface area contributed by atoms with E-state index in [0.717, 1.165) is 30.2 Å². The Balaban J connectivity index is 0.00000100. The highest BCUT2D eigenvalue weighted by Crippen LogP contribution is 2.31. The summed E-state index contributed by atoms with van der Waals surface area (Å²) >= 11 is 0. The minimum absolute atomic E-state index is 0.167. The van der Waals surface area contributed by atoms with Crippen molar-refractivity contribution in [1.82, 2.24) is 14.7 Å². The van der Waals surface area contributed by atoms with E-state index in [0.29, 0.717) is 5.92 Å². The first-order valence-electron chi connectivity index (χ1n) is 13.7.